The summed E-state index contributed by atoms with van der Waals surface area (Å²) in [5.74, 6) is 0.174. The van der Waals surface area contributed by atoms with E-state index in [0.717, 1.165) is 0 Å². The van der Waals surface area contributed by atoms with Gasteiger partial charge in [0, 0.05) is 17.9 Å². The number of amides is 1. The predicted octanol–water partition coefficient (Wildman–Crippen LogP) is 2.25. The van der Waals surface area contributed by atoms with E-state index in [-0.39, 0.29) is 35.1 Å². The molecule has 0 N–H and O–H groups in total. The standard InChI is InChI=1S/C13H23NO2/c1-12(2,3)9-7-11(16)14(8-10(9)15)13(4,5)6/h9H,7-8H2,1-6H3. The lowest BCUT2D eigenvalue weighted by atomic mass is 9.74. The maximum absolute atomic E-state index is 12.0. The lowest BCUT2D eigenvalue weighted by Crippen LogP contribution is -2.55. The molecule has 0 radical (unpaired) electrons. The van der Waals surface area contributed by atoms with E-state index < -0.39 is 0 Å². The van der Waals surface area contributed by atoms with Crippen molar-refractivity contribution in [3.8, 4) is 0 Å². The number of rotatable bonds is 0. The van der Waals surface area contributed by atoms with Crippen molar-refractivity contribution in [2.75, 3.05) is 6.54 Å². The van der Waals surface area contributed by atoms with Gasteiger partial charge in [0.15, 0.2) is 5.78 Å². The van der Waals surface area contributed by atoms with Crippen molar-refractivity contribution < 1.29 is 9.59 Å². The van der Waals surface area contributed by atoms with Crippen molar-refractivity contribution in [1.29, 1.82) is 0 Å². The van der Waals surface area contributed by atoms with Crippen LogP contribution in [0.15, 0.2) is 0 Å². The number of nitrogens with zero attached hydrogens (tertiary/aromatic N) is 1. The highest BCUT2D eigenvalue weighted by molar-refractivity contribution is 5.95. The highest BCUT2D eigenvalue weighted by atomic mass is 16.2. The number of hydrogen-bond acceptors (Lipinski definition) is 2. The van der Waals surface area contributed by atoms with E-state index in [9.17, 15) is 9.59 Å². The molecule has 0 bridgehead atoms. The third-order valence-electron chi connectivity index (χ3n) is 3.24. The van der Waals surface area contributed by atoms with Gasteiger partial charge in [-0.1, -0.05) is 20.8 Å². The van der Waals surface area contributed by atoms with E-state index in [1.807, 2.05) is 41.5 Å². The van der Waals surface area contributed by atoms with Crippen molar-refractivity contribution in [2.24, 2.45) is 11.3 Å². The zero-order valence-corrected chi connectivity index (χ0v) is 11.3. The zero-order chi connectivity index (χ0) is 12.7. The Bertz CT molecular complexity index is 275. The molecule has 0 spiro atoms. The van der Waals surface area contributed by atoms with Crippen LogP contribution in [0.1, 0.15) is 48.0 Å². The topological polar surface area (TPSA) is 37.4 Å². The van der Waals surface area contributed by atoms with Crippen LogP contribution in [0, 0.1) is 11.3 Å². The Morgan fingerprint density at radius 3 is 1.94 bits per heavy atom. The first-order valence-electron chi connectivity index (χ1n) is 5.86. The second-order valence-electron chi connectivity index (χ2n) is 6.74. The molecule has 3 nitrogen and oxygen atoms in total. The molecule has 1 amide bonds. The minimum atomic E-state index is -0.254. The van der Waals surface area contributed by atoms with Gasteiger partial charge in [-0.2, -0.15) is 0 Å². The molecule has 1 rings (SSSR count). The highest BCUT2D eigenvalue weighted by Crippen LogP contribution is 2.34. The zero-order valence-electron chi connectivity index (χ0n) is 11.3. The van der Waals surface area contributed by atoms with Crippen LogP contribution in [0.2, 0.25) is 0 Å². The molecular formula is C13H23NO2. The molecule has 0 saturated carbocycles. The fourth-order valence-corrected chi connectivity index (χ4v) is 2.15. The van der Waals surface area contributed by atoms with E-state index in [2.05, 4.69) is 0 Å². The fourth-order valence-electron chi connectivity index (χ4n) is 2.15. The number of carbonyl (C=O) groups is 2. The molecule has 0 aromatic rings. The van der Waals surface area contributed by atoms with E-state index in [4.69, 9.17) is 0 Å². The number of likely N-dealkylation sites (tertiary alicyclic amines) is 1. The van der Waals surface area contributed by atoms with Crippen LogP contribution in [0.5, 0.6) is 0 Å². The van der Waals surface area contributed by atoms with Crippen LogP contribution in [0.3, 0.4) is 0 Å². The average Bonchev–Trinajstić information content (AvgIpc) is 2.04. The molecule has 1 heterocycles. The Balaban J connectivity index is 2.88. The first-order chi connectivity index (χ1) is 7.03. The Morgan fingerprint density at radius 1 is 1.06 bits per heavy atom. The Labute approximate surface area is 98.2 Å². The van der Waals surface area contributed by atoms with Gasteiger partial charge in [0.05, 0.1) is 6.54 Å². The summed E-state index contributed by atoms with van der Waals surface area (Å²) in [4.78, 5) is 25.8. The molecule has 1 aliphatic rings. The molecule has 0 aliphatic carbocycles. The van der Waals surface area contributed by atoms with Gasteiger partial charge >= 0.3 is 0 Å². The highest BCUT2D eigenvalue weighted by Gasteiger charge is 2.42. The molecule has 1 unspecified atom stereocenters. The Hall–Kier alpha value is -0.860. The van der Waals surface area contributed by atoms with Gasteiger partial charge in [-0.15, -0.1) is 0 Å². The van der Waals surface area contributed by atoms with Crippen LogP contribution in [0.25, 0.3) is 0 Å². The van der Waals surface area contributed by atoms with Gasteiger partial charge in [0.1, 0.15) is 0 Å². The van der Waals surface area contributed by atoms with Gasteiger partial charge in [-0.25, -0.2) is 0 Å². The Kier molecular flexibility index (Phi) is 3.19. The van der Waals surface area contributed by atoms with Gasteiger partial charge in [-0.05, 0) is 26.2 Å². The number of hydrogen-bond donors (Lipinski definition) is 0. The third-order valence-corrected chi connectivity index (χ3v) is 3.24. The molecule has 0 aromatic carbocycles. The van der Waals surface area contributed by atoms with Crippen molar-refractivity contribution in [3.63, 3.8) is 0 Å². The predicted molar refractivity (Wildman–Crippen MR) is 64.0 cm³/mol. The second kappa shape index (κ2) is 3.86. The first kappa shape index (κ1) is 13.2. The number of Topliss-reactive ketones (excluding diaryl/α,β-unsaturated/α-hetero) is 1. The summed E-state index contributed by atoms with van der Waals surface area (Å²) in [5.41, 5.74) is -0.369. The average molecular weight is 225 g/mol. The maximum atomic E-state index is 12.0. The van der Waals surface area contributed by atoms with Gasteiger partial charge in [-0.3, -0.25) is 9.59 Å². The molecule has 3 heteroatoms. The van der Waals surface area contributed by atoms with E-state index >= 15 is 0 Å². The minimum Gasteiger partial charge on any atom is -0.331 e. The van der Waals surface area contributed by atoms with Crippen molar-refractivity contribution >= 4 is 11.7 Å². The quantitative estimate of drug-likeness (QED) is 0.634. The summed E-state index contributed by atoms with van der Waals surface area (Å²) in [6.07, 6.45) is 0.361. The smallest absolute Gasteiger partial charge is 0.224 e. The molecule has 0 aromatic heterocycles. The number of carbonyl (C=O) groups excluding carboxylic acids is 2. The van der Waals surface area contributed by atoms with Crippen molar-refractivity contribution in [3.05, 3.63) is 0 Å². The SMILES string of the molecule is CC(C)(C)C1CC(=O)N(C(C)(C)C)CC1=O. The molecule has 1 saturated heterocycles. The molecule has 1 fully saturated rings. The van der Waals surface area contributed by atoms with Crippen molar-refractivity contribution in [2.45, 2.75) is 53.5 Å². The van der Waals surface area contributed by atoms with Crippen molar-refractivity contribution in [1.82, 2.24) is 4.90 Å². The van der Waals surface area contributed by atoms with Gasteiger partial charge in [0.25, 0.3) is 0 Å². The van der Waals surface area contributed by atoms with Gasteiger partial charge in [0.2, 0.25) is 5.91 Å². The molecule has 1 aliphatic heterocycles. The largest absolute Gasteiger partial charge is 0.331 e. The maximum Gasteiger partial charge on any atom is 0.224 e. The van der Waals surface area contributed by atoms with Crippen LogP contribution in [-0.2, 0) is 9.59 Å². The third kappa shape index (κ3) is 2.63. The molecule has 16 heavy (non-hydrogen) atoms. The molecule has 1 atom stereocenters. The van der Waals surface area contributed by atoms with Crippen LogP contribution >= 0.6 is 0 Å². The van der Waals surface area contributed by atoms with Crippen LogP contribution in [0.4, 0.5) is 0 Å². The monoisotopic (exact) mass is 225 g/mol. The fraction of sp³-hybridized carbons (Fsp3) is 0.846. The number of ketones is 1. The Morgan fingerprint density at radius 2 is 1.56 bits per heavy atom. The van der Waals surface area contributed by atoms with E-state index in [1.54, 1.807) is 4.90 Å². The van der Waals surface area contributed by atoms with Gasteiger partial charge < -0.3 is 4.90 Å². The minimum absolute atomic E-state index is 0.104. The van der Waals surface area contributed by atoms with E-state index in [1.165, 1.54) is 0 Å². The normalized spacial score (nSPS) is 23.9. The summed E-state index contributed by atoms with van der Waals surface area (Å²) in [6, 6.07) is 0. The lowest BCUT2D eigenvalue weighted by Gasteiger charge is -2.43. The summed E-state index contributed by atoms with van der Waals surface area (Å²) >= 11 is 0. The summed E-state index contributed by atoms with van der Waals surface area (Å²) < 4.78 is 0. The molecule has 92 valence electrons. The second-order valence-corrected chi connectivity index (χ2v) is 6.74. The summed E-state index contributed by atoms with van der Waals surface area (Å²) in [6.45, 7) is 12.2. The van der Waals surface area contributed by atoms with Crippen LogP contribution < -0.4 is 0 Å². The molecular weight excluding hydrogens is 202 g/mol. The lowest BCUT2D eigenvalue weighted by molar-refractivity contribution is -0.151. The number of piperidine rings is 1. The van der Waals surface area contributed by atoms with E-state index in [0.29, 0.717) is 6.42 Å². The first-order valence-corrected chi connectivity index (χ1v) is 5.86. The van der Waals surface area contributed by atoms with Crippen LogP contribution in [-0.4, -0.2) is 28.7 Å². The summed E-state index contributed by atoms with van der Waals surface area (Å²) in [5, 5.41) is 0. The summed E-state index contributed by atoms with van der Waals surface area (Å²) in [7, 11) is 0.